The smallest absolute Gasteiger partial charge is 0.353 e. The molecule has 2 saturated heterocycles. The Morgan fingerprint density at radius 3 is 2.59 bits per heavy atom. The zero-order chi connectivity index (χ0) is 24.7. The Morgan fingerprint density at radius 2 is 2.00 bits per heavy atom. The monoisotopic (exact) mass is 488 g/mol. The molecule has 2 fully saturated rings. The molecular formula is C24H32N4O5S. The van der Waals surface area contributed by atoms with E-state index in [4.69, 9.17) is 5.73 Å². The number of thioether (sulfide) groups is 1. The maximum atomic E-state index is 12.5. The van der Waals surface area contributed by atoms with Crippen LogP contribution in [-0.4, -0.2) is 75.5 Å². The number of carboxylic acid groups (broad SMARTS) is 1. The van der Waals surface area contributed by atoms with Crippen LogP contribution in [0.2, 0.25) is 0 Å². The lowest BCUT2D eigenvalue weighted by Gasteiger charge is -2.46. The van der Waals surface area contributed by atoms with Crippen LogP contribution in [0, 0.1) is 11.8 Å². The van der Waals surface area contributed by atoms with Crippen LogP contribution >= 0.6 is 11.8 Å². The minimum absolute atomic E-state index is 0.0816. The van der Waals surface area contributed by atoms with E-state index < -0.39 is 24.0 Å². The van der Waals surface area contributed by atoms with Crippen LogP contribution in [0.25, 0.3) is 0 Å². The first kappa shape index (κ1) is 24.6. The Labute approximate surface area is 203 Å². The van der Waals surface area contributed by atoms with Crippen molar-refractivity contribution < 1.29 is 24.6 Å². The number of carbonyl (C=O) groups excluding carboxylic acids is 2. The van der Waals surface area contributed by atoms with E-state index >= 15 is 0 Å². The maximum Gasteiger partial charge on any atom is 0.353 e. The molecule has 0 radical (unpaired) electrons. The molecule has 34 heavy (non-hydrogen) atoms. The van der Waals surface area contributed by atoms with Crippen molar-refractivity contribution in [2.45, 2.75) is 50.1 Å². The summed E-state index contributed by atoms with van der Waals surface area (Å²) < 4.78 is 0. The number of carbonyl (C=O) groups is 3. The second kappa shape index (κ2) is 9.59. The van der Waals surface area contributed by atoms with E-state index in [-0.39, 0.29) is 34.9 Å². The average Bonchev–Trinajstić information content (AvgIpc) is 3.34. The van der Waals surface area contributed by atoms with Gasteiger partial charge in [0, 0.05) is 42.3 Å². The van der Waals surface area contributed by atoms with Crippen LogP contribution in [0.5, 0.6) is 0 Å². The third kappa shape index (κ3) is 4.42. The molecule has 3 heterocycles. The van der Waals surface area contributed by atoms with Crippen LogP contribution in [0.1, 0.15) is 37.4 Å². The van der Waals surface area contributed by atoms with Crippen molar-refractivity contribution in [3.8, 4) is 0 Å². The molecule has 184 valence electrons. The van der Waals surface area contributed by atoms with Crippen LogP contribution in [-0.2, 0) is 16.0 Å². The summed E-state index contributed by atoms with van der Waals surface area (Å²) >= 11 is 1.55. The minimum Gasteiger partial charge on any atom is -0.477 e. The number of urea groups is 1. The topological polar surface area (TPSA) is 136 Å². The molecule has 0 unspecified atom stereocenters. The largest absolute Gasteiger partial charge is 0.477 e. The highest BCUT2D eigenvalue weighted by molar-refractivity contribution is 8.03. The number of aliphatic hydroxyl groups excluding tert-OH is 1. The highest BCUT2D eigenvalue weighted by atomic mass is 32.2. The van der Waals surface area contributed by atoms with E-state index in [2.05, 4.69) is 29.6 Å². The number of β-lactam (4-membered cyclic amide) rings is 1. The number of nitrogens with zero attached hydrogens (tertiary/aromatic N) is 2. The summed E-state index contributed by atoms with van der Waals surface area (Å²) in [6.45, 7) is 4.84. The first-order valence-corrected chi connectivity index (χ1v) is 12.5. The van der Waals surface area contributed by atoms with E-state index in [1.807, 2.05) is 6.92 Å². The quantitative estimate of drug-likeness (QED) is 0.407. The molecule has 0 saturated carbocycles. The molecule has 1 aromatic carbocycles. The molecule has 3 amide bonds. The van der Waals surface area contributed by atoms with E-state index in [9.17, 15) is 24.6 Å². The number of likely N-dealkylation sites (N-methyl/N-ethyl adjacent to an activating group) is 1. The number of fused-ring (bicyclic) bond motifs is 1. The van der Waals surface area contributed by atoms with E-state index in [0.29, 0.717) is 6.54 Å². The van der Waals surface area contributed by atoms with E-state index in [0.717, 1.165) is 35.4 Å². The second-order valence-corrected chi connectivity index (χ2v) is 10.8. The standard InChI is InChI=1S/C24H32N4O5S/c1-12-19-18(13(2)29)22(30)28(19)20(23(31)32)21(12)34-16-10-17(26-11-16)15-6-4-14(5-7-15)8-9-27(3)24(25)33/h4-7,12-13,16-19,26,29H,8-11H2,1-3H3,(H2,25,33)(H,31,32)/t12-,13-,16+,17-,18-,19-/m1/s1. The third-order valence-electron chi connectivity index (χ3n) is 7.19. The van der Waals surface area contributed by atoms with Crippen molar-refractivity contribution in [1.29, 1.82) is 0 Å². The van der Waals surface area contributed by atoms with Gasteiger partial charge in [0.05, 0.1) is 18.1 Å². The number of carboxylic acids is 1. The Morgan fingerprint density at radius 1 is 1.32 bits per heavy atom. The van der Waals surface area contributed by atoms with E-state index in [1.165, 1.54) is 9.80 Å². The zero-order valence-corrected chi connectivity index (χ0v) is 20.4. The normalized spacial score (nSPS) is 29.1. The lowest BCUT2D eigenvalue weighted by molar-refractivity contribution is -0.163. The van der Waals surface area contributed by atoms with Crippen molar-refractivity contribution in [3.05, 3.63) is 46.0 Å². The Kier molecular flexibility index (Phi) is 6.93. The number of hydrogen-bond donors (Lipinski definition) is 4. The van der Waals surface area contributed by atoms with Gasteiger partial charge in [0.1, 0.15) is 5.70 Å². The van der Waals surface area contributed by atoms with Gasteiger partial charge in [-0.2, -0.15) is 0 Å². The molecule has 10 heteroatoms. The van der Waals surface area contributed by atoms with Crippen LogP contribution in [0.15, 0.2) is 34.9 Å². The Balaban J connectivity index is 1.40. The highest BCUT2D eigenvalue weighted by Crippen LogP contribution is 2.52. The van der Waals surface area contributed by atoms with Gasteiger partial charge in [-0.3, -0.25) is 4.79 Å². The number of nitrogens with two attached hydrogens (primary N) is 1. The summed E-state index contributed by atoms with van der Waals surface area (Å²) in [5.74, 6) is -2.05. The summed E-state index contributed by atoms with van der Waals surface area (Å²) in [4.78, 5) is 39.3. The molecule has 0 aliphatic carbocycles. The summed E-state index contributed by atoms with van der Waals surface area (Å²) in [7, 11) is 1.68. The predicted molar refractivity (Wildman–Crippen MR) is 129 cm³/mol. The average molecular weight is 489 g/mol. The summed E-state index contributed by atoms with van der Waals surface area (Å²) in [5, 5.41) is 23.6. The SMILES string of the molecule is C[C@@H](O)[C@H]1C(=O)N2C(C(=O)O)=C(S[C@@H]3CN[C@@H](c4ccc(CCN(C)C(N)=O)cc4)C3)[C@H](C)[C@H]12. The van der Waals surface area contributed by atoms with Crippen molar-refractivity contribution in [1.82, 2.24) is 15.1 Å². The third-order valence-corrected chi connectivity index (χ3v) is 8.70. The fraction of sp³-hybridized carbons (Fsp3) is 0.542. The number of hydrogen-bond acceptors (Lipinski definition) is 6. The molecule has 4 rings (SSSR count). The van der Waals surface area contributed by atoms with Crippen molar-refractivity contribution in [3.63, 3.8) is 0 Å². The molecule has 3 aliphatic rings. The minimum atomic E-state index is -1.09. The maximum absolute atomic E-state index is 12.5. The molecule has 6 atom stereocenters. The predicted octanol–water partition coefficient (Wildman–Crippen LogP) is 1.53. The lowest BCUT2D eigenvalue weighted by atomic mass is 9.79. The lowest BCUT2D eigenvalue weighted by Crippen LogP contribution is -2.63. The molecule has 3 aliphatic heterocycles. The van der Waals surface area contributed by atoms with Gasteiger partial charge in [-0.05, 0) is 30.9 Å². The van der Waals surface area contributed by atoms with Crippen molar-refractivity contribution >= 4 is 29.7 Å². The van der Waals surface area contributed by atoms with Crippen molar-refractivity contribution in [2.24, 2.45) is 17.6 Å². The molecule has 9 nitrogen and oxygen atoms in total. The number of aliphatic hydroxyl groups is 1. The number of nitrogens with one attached hydrogen (secondary N) is 1. The molecule has 0 spiro atoms. The van der Waals surface area contributed by atoms with Gasteiger partial charge in [-0.25, -0.2) is 9.59 Å². The van der Waals surface area contributed by atoms with E-state index in [1.54, 1.807) is 25.7 Å². The number of aliphatic carboxylic acids is 1. The van der Waals surface area contributed by atoms with Crippen LogP contribution in [0.3, 0.4) is 0 Å². The number of primary amides is 1. The van der Waals surface area contributed by atoms with Gasteiger partial charge in [0.2, 0.25) is 5.91 Å². The summed E-state index contributed by atoms with van der Waals surface area (Å²) in [6, 6.07) is 7.72. The second-order valence-electron chi connectivity index (χ2n) is 9.46. The van der Waals surface area contributed by atoms with Gasteiger partial charge in [-0.1, -0.05) is 31.2 Å². The summed E-state index contributed by atoms with van der Waals surface area (Å²) in [6.07, 6.45) is 0.771. The molecule has 0 bridgehead atoms. The first-order chi connectivity index (χ1) is 16.1. The molecule has 5 N–H and O–H groups in total. The van der Waals surface area contributed by atoms with Gasteiger partial charge in [-0.15, -0.1) is 11.8 Å². The van der Waals surface area contributed by atoms with Crippen LogP contribution < -0.4 is 11.1 Å². The van der Waals surface area contributed by atoms with Gasteiger partial charge >= 0.3 is 12.0 Å². The van der Waals surface area contributed by atoms with Gasteiger partial charge in [0.15, 0.2) is 0 Å². The molecule has 0 aromatic heterocycles. The zero-order valence-electron chi connectivity index (χ0n) is 19.6. The van der Waals surface area contributed by atoms with Gasteiger partial charge < -0.3 is 31.1 Å². The Hall–Kier alpha value is -2.56. The number of benzene rings is 1. The first-order valence-electron chi connectivity index (χ1n) is 11.6. The highest BCUT2D eigenvalue weighted by Gasteiger charge is 2.60. The summed E-state index contributed by atoms with van der Waals surface area (Å²) in [5.41, 5.74) is 7.64. The number of rotatable bonds is 8. The fourth-order valence-corrected chi connectivity index (χ4v) is 6.71. The fourth-order valence-electron chi connectivity index (χ4n) is 5.23. The van der Waals surface area contributed by atoms with Gasteiger partial charge in [0.25, 0.3) is 0 Å². The molecular weight excluding hydrogens is 456 g/mol. The molecule has 1 aromatic rings. The Bertz CT molecular complexity index is 1010. The van der Waals surface area contributed by atoms with Crippen LogP contribution in [0.4, 0.5) is 4.79 Å². The van der Waals surface area contributed by atoms with Crippen molar-refractivity contribution in [2.75, 3.05) is 20.1 Å². The number of amides is 3.